The minimum absolute atomic E-state index is 0.0553. The molecule has 2 rings (SSSR count). The Balaban J connectivity index is 2.28. The van der Waals surface area contributed by atoms with Gasteiger partial charge in [0.05, 0.1) is 12.1 Å². The molecule has 0 fully saturated rings. The van der Waals surface area contributed by atoms with Gasteiger partial charge < -0.3 is 11.5 Å². The molecule has 0 spiro atoms. The molecule has 0 radical (unpaired) electrons. The van der Waals surface area contributed by atoms with Crippen LogP contribution in [0.1, 0.15) is 47.0 Å². The van der Waals surface area contributed by atoms with Gasteiger partial charge in [-0.2, -0.15) is 0 Å². The molecule has 2 unspecified atom stereocenters. The Kier molecular flexibility index (Phi) is 5.97. The van der Waals surface area contributed by atoms with E-state index in [-0.39, 0.29) is 12.1 Å². The van der Waals surface area contributed by atoms with E-state index in [2.05, 4.69) is 64.2 Å². The van der Waals surface area contributed by atoms with E-state index in [1.807, 2.05) is 0 Å². The maximum Gasteiger partial charge on any atom is 0.0510 e. The molecule has 2 aliphatic carbocycles. The van der Waals surface area contributed by atoms with Gasteiger partial charge in [-0.15, -0.1) is 0 Å². The Morgan fingerprint density at radius 3 is 1.48 bits per heavy atom. The molecule has 0 aromatic heterocycles. The van der Waals surface area contributed by atoms with Gasteiger partial charge in [0.1, 0.15) is 0 Å². The summed E-state index contributed by atoms with van der Waals surface area (Å²) in [6.07, 6.45) is 16.1. The van der Waals surface area contributed by atoms with Gasteiger partial charge in [0.25, 0.3) is 0 Å². The van der Waals surface area contributed by atoms with Gasteiger partial charge >= 0.3 is 0 Å². The van der Waals surface area contributed by atoms with Crippen molar-refractivity contribution >= 4 is 0 Å². The highest BCUT2D eigenvalue weighted by atomic mass is 14.7. The summed E-state index contributed by atoms with van der Waals surface area (Å²) in [5, 5.41) is 0. The standard InChI is InChI=1S/C21H30N2/c1-5-16-10-14(11-17(6-2)20(16)22)9-15-12-18(7-3)21(23)19(8-4)13-15/h5-8,10,12,20-21H,9,11,13,22-23H2,1-4H3. The van der Waals surface area contributed by atoms with Crippen LogP contribution in [-0.4, -0.2) is 12.1 Å². The normalized spacial score (nSPS) is 32.6. The predicted molar refractivity (Wildman–Crippen MR) is 101 cm³/mol. The topological polar surface area (TPSA) is 52.0 Å². The van der Waals surface area contributed by atoms with E-state index < -0.39 is 0 Å². The quantitative estimate of drug-likeness (QED) is 0.739. The Morgan fingerprint density at radius 1 is 0.783 bits per heavy atom. The van der Waals surface area contributed by atoms with Crippen LogP contribution in [-0.2, 0) is 0 Å². The molecular weight excluding hydrogens is 280 g/mol. The van der Waals surface area contributed by atoms with Crippen molar-refractivity contribution in [2.24, 2.45) is 11.5 Å². The molecule has 2 nitrogen and oxygen atoms in total. The van der Waals surface area contributed by atoms with Crippen LogP contribution < -0.4 is 11.5 Å². The lowest BCUT2D eigenvalue weighted by Crippen LogP contribution is -2.29. The SMILES string of the molecule is CC=C1C=C(CC2=CC(=CC)C(N)C(=CC)C2)CC(=CC)C1N. The van der Waals surface area contributed by atoms with E-state index in [0.29, 0.717) is 0 Å². The van der Waals surface area contributed by atoms with Crippen LogP contribution in [0.3, 0.4) is 0 Å². The summed E-state index contributed by atoms with van der Waals surface area (Å²) in [5.41, 5.74) is 20.6. The van der Waals surface area contributed by atoms with Crippen molar-refractivity contribution < 1.29 is 0 Å². The van der Waals surface area contributed by atoms with Gasteiger partial charge in [0, 0.05) is 0 Å². The monoisotopic (exact) mass is 310 g/mol. The van der Waals surface area contributed by atoms with Crippen molar-refractivity contribution in [2.45, 2.75) is 59.0 Å². The number of rotatable bonds is 2. The summed E-state index contributed by atoms with van der Waals surface area (Å²) in [5.74, 6) is 0. The third-order valence-electron chi connectivity index (χ3n) is 4.98. The van der Waals surface area contributed by atoms with Gasteiger partial charge in [0.2, 0.25) is 0 Å². The van der Waals surface area contributed by atoms with Crippen LogP contribution in [0.4, 0.5) is 0 Å². The van der Waals surface area contributed by atoms with E-state index in [9.17, 15) is 0 Å². The van der Waals surface area contributed by atoms with Crippen molar-refractivity contribution in [3.8, 4) is 0 Å². The summed E-state index contributed by atoms with van der Waals surface area (Å²) in [7, 11) is 0. The number of hydrogen-bond acceptors (Lipinski definition) is 2. The largest absolute Gasteiger partial charge is 0.321 e. The van der Waals surface area contributed by atoms with Crippen LogP contribution >= 0.6 is 0 Å². The van der Waals surface area contributed by atoms with Crippen LogP contribution in [0.5, 0.6) is 0 Å². The van der Waals surface area contributed by atoms with Gasteiger partial charge in [-0.05, 0) is 69.2 Å². The average molecular weight is 310 g/mol. The number of hydrogen-bond donors (Lipinski definition) is 2. The maximum atomic E-state index is 6.31. The lowest BCUT2D eigenvalue weighted by Gasteiger charge is -2.28. The molecule has 23 heavy (non-hydrogen) atoms. The first kappa shape index (κ1) is 17.7. The van der Waals surface area contributed by atoms with Gasteiger partial charge in [-0.3, -0.25) is 0 Å². The summed E-state index contributed by atoms with van der Waals surface area (Å²) >= 11 is 0. The molecule has 0 saturated carbocycles. The second-order valence-corrected chi connectivity index (χ2v) is 6.40. The summed E-state index contributed by atoms with van der Waals surface area (Å²) in [4.78, 5) is 0. The lowest BCUT2D eigenvalue weighted by molar-refractivity contribution is 0.779. The van der Waals surface area contributed by atoms with Crippen molar-refractivity contribution in [3.63, 3.8) is 0 Å². The molecule has 0 aromatic rings. The highest BCUT2D eigenvalue weighted by molar-refractivity contribution is 5.47. The highest BCUT2D eigenvalue weighted by Crippen LogP contribution is 2.35. The predicted octanol–water partition coefficient (Wildman–Crippen LogP) is 4.48. The molecule has 2 heteroatoms. The number of nitrogens with two attached hydrogens (primary N) is 2. The van der Waals surface area contributed by atoms with E-state index in [4.69, 9.17) is 11.5 Å². The Morgan fingerprint density at radius 2 is 1.17 bits per heavy atom. The molecule has 4 N–H and O–H groups in total. The Hall–Kier alpha value is -1.64. The first-order valence-corrected chi connectivity index (χ1v) is 8.56. The average Bonchev–Trinajstić information content (AvgIpc) is 2.57. The van der Waals surface area contributed by atoms with Crippen LogP contribution in [0, 0.1) is 0 Å². The van der Waals surface area contributed by atoms with Crippen molar-refractivity contribution in [1.29, 1.82) is 0 Å². The van der Waals surface area contributed by atoms with E-state index >= 15 is 0 Å². The first-order valence-electron chi connectivity index (χ1n) is 8.56. The second-order valence-electron chi connectivity index (χ2n) is 6.40. The van der Waals surface area contributed by atoms with Gasteiger partial charge in [-0.25, -0.2) is 0 Å². The molecule has 0 aliphatic heterocycles. The molecule has 2 atom stereocenters. The van der Waals surface area contributed by atoms with E-state index in [1.54, 1.807) is 0 Å². The van der Waals surface area contributed by atoms with Crippen molar-refractivity contribution in [1.82, 2.24) is 0 Å². The smallest absolute Gasteiger partial charge is 0.0510 e. The first-order chi connectivity index (χ1) is 11.0. The maximum absolute atomic E-state index is 6.31. The van der Waals surface area contributed by atoms with Gasteiger partial charge in [-0.1, -0.05) is 47.6 Å². The molecule has 0 bridgehead atoms. The minimum atomic E-state index is 0.0553. The second kappa shape index (κ2) is 7.76. The minimum Gasteiger partial charge on any atom is -0.321 e. The lowest BCUT2D eigenvalue weighted by atomic mass is 9.80. The molecule has 124 valence electrons. The fourth-order valence-corrected chi connectivity index (χ4v) is 3.53. The Bertz CT molecular complexity index is 583. The van der Waals surface area contributed by atoms with Crippen molar-refractivity contribution in [2.75, 3.05) is 0 Å². The molecular formula is C21H30N2. The molecule has 0 aromatic carbocycles. The zero-order valence-corrected chi connectivity index (χ0v) is 14.9. The fraction of sp³-hybridized carbons (Fsp3) is 0.429. The third-order valence-corrected chi connectivity index (χ3v) is 4.98. The highest BCUT2D eigenvalue weighted by Gasteiger charge is 2.23. The third kappa shape index (κ3) is 3.82. The van der Waals surface area contributed by atoms with E-state index in [1.165, 1.54) is 33.4 Å². The molecule has 2 aliphatic rings. The molecule has 0 amide bonds. The van der Waals surface area contributed by atoms with Gasteiger partial charge in [0.15, 0.2) is 0 Å². The summed E-state index contributed by atoms with van der Waals surface area (Å²) in [6, 6.07) is 0.111. The van der Waals surface area contributed by atoms with Crippen LogP contribution in [0.15, 0.2) is 69.9 Å². The van der Waals surface area contributed by atoms with Crippen LogP contribution in [0.25, 0.3) is 0 Å². The molecule has 0 saturated heterocycles. The zero-order valence-electron chi connectivity index (χ0n) is 14.9. The van der Waals surface area contributed by atoms with Crippen molar-refractivity contribution in [3.05, 3.63) is 69.9 Å². The fourth-order valence-electron chi connectivity index (χ4n) is 3.53. The summed E-state index contributed by atoms with van der Waals surface area (Å²) in [6.45, 7) is 8.30. The van der Waals surface area contributed by atoms with Crippen LogP contribution in [0.2, 0.25) is 0 Å². The summed E-state index contributed by atoms with van der Waals surface area (Å²) < 4.78 is 0. The van der Waals surface area contributed by atoms with E-state index in [0.717, 1.165) is 19.3 Å². The zero-order chi connectivity index (χ0) is 17.0. The number of allylic oxidation sites excluding steroid dienone is 6. The molecule has 0 heterocycles. The Labute approximate surface area is 141 Å².